The van der Waals surface area contributed by atoms with Crippen LogP contribution >= 0.6 is 0 Å². The molecular formula is C17H11F5N2O2. The van der Waals surface area contributed by atoms with Crippen LogP contribution in [-0.4, -0.2) is 11.8 Å². The summed E-state index contributed by atoms with van der Waals surface area (Å²) < 4.78 is 65.9. The molecule has 1 fully saturated rings. The molecule has 0 bridgehead atoms. The Morgan fingerprint density at radius 3 is 2.00 bits per heavy atom. The minimum Gasteiger partial charge on any atom is -0.325 e. The van der Waals surface area contributed by atoms with Crippen molar-refractivity contribution < 1.29 is 31.5 Å². The molecule has 3 rings (SSSR count). The number of rotatable bonds is 4. The first-order valence-corrected chi connectivity index (χ1v) is 7.46. The number of hydrogen-bond acceptors (Lipinski definition) is 2. The Bertz CT molecular complexity index is 912. The monoisotopic (exact) mass is 370 g/mol. The molecule has 0 aromatic heterocycles. The lowest BCUT2D eigenvalue weighted by molar-refractivity contribution is -0.131. The van der Waals surface area contributed by atoms with Gasteiger partial charge in [-0.25, -0.2) is 22.0 Å². The predicted molar refractivity (Wildman–Crippen MR) is 81.6 cm³/mol. The van der Waals surface area contributed by atoms with E-state index in [0.717, 1.165) is 24.3 Å². The molecule has 2 aromatic carbocycles. The lowest BCUT2D eigenvalue weighted by Gasteiger charge is -2.16. The van der Waals surface area contributed by atoms with Gasteiger partial charge in [-0.15, -0.1) is 0 Å². The fraction of sp³-hybridized carbons (Fsp3) is 0.176. The van der Waals surface area contributed by atoms with Crippen LogP contribution in [0.3, 0.4) is 0 Å². The molecule has 0 unspecified atom stereocenters. The molecule has 4 nitrogen and oxygen atoms in total. The van der Waals surface area contributed by atoms with Gasteiger partial charge in [0.1, 0.15) is 5.41 Å². The summed E-state index contributed by atoms with van der Waals surface area (Å²) in [5, 5.41) is 4.33. The van der Waals surface area contributed by atoms with Crippen LogP contribution in [0, 0.1) is 34.5 Å². The van der Waals surface area contributed by atoms with Crippen LogP contribution in [0.4, 0.5) is 33.3 Å². The third-order valence-corrected chi connectivity index (χ3v) is 4.08. The molecule has 0 radical (unpaired) electrons. The highest BCUT2D eigenvalue weighted by molar-refractivity contribution is 6.16. The molecule has 2 aromatic rings. The smallest absolute Gasteiger partial charge is 0.240 e. The van der Waals surface area contributed by atoms with Gasteiger partial charge in [-0.1, -0.05) is 0 Å². The number of hydrogen-bond donors (Lipinski definition) is 2. The van der Waals surface area contributed by atoms with Crippen molar-refractivity contribution in [2.45, 2.75) is 12.8 Å². The average Bonchev–Trinajstić information content (AvgIpc) is 3.40. The Morgan fingerprint density at radius 1 is 0.769 bits per heavy atom. The van der Waals surface area contributed by atoms with E-state index in [1.807, 2.05) is 0 Å². The van der Waals surface area contributed by atoms with E-state index in [9.17, 15) is 31.5 Å². The highest BCUT2D eigenvalue weighted by atomic mass is 19.2. The van der Waals surface area contributed by atoms with Crippen LogP contribution in [0.25, 0.3) is 0 Å². The fourth-order valence-electron chi connectivity index (χ4n) is 2.37. The van der Waals surface area contributed by atoms with Crippen molar-refractivity contribution in [3.8, 4) is 0 Å². The Kier molecular flexibility index (Phi) is 4.39. The molecule has 136 valence electrons. The highest BCUT2D eigenvalue weighted by Gasteiger charge is 2.56. The highest BCUT2D eigenvalue weighted by Crippen LogP contribution is 2.47. The van der Waals surface area contributed by atoms with Crippen molar-refractivity contribution in [1.82, 2.24) is 0 Å². The second kappa shape index (κ2) is 6.40. The molecule has 26 heavy (non-hydrogen) atoms. The molecule has 1 aliphatic carbocycles. The summed E-state index contributed by atoms with van der Waals surface area (Å²) in [6.45, 7) is 0. The van der Waals surface area contributed by atoms with E-state index in [0.29, 0.717) is 6.07 Å². The molecule has 9 heteroatoms. The predicted octanol–water partition coefficient (Wildman–Crippen LogP) is 3.74. The van der Waals surface area contributed by atoms with Crippen LogP contribution < -0.4 is 10.6 Å². The minimum absolute atomic E-state index is 0.0630. The minimum atomic E-state index is -1.75. The largest absolute Gasteiger partial charge is 0.325 e. The van der Waals surface area contributed by atoms with Crippen LogP contribution in [0.1, 0.15) is 12.8 Å². The normalized spacial score (nSPS) is 14.7. The summed E-state index contributed by atoms with van der Waals surface area (Å²) in [4.78, 5) is 24.6. The molecule has 0 aliphatic heterocycles. The van der Waals surface area contributed by atoms with Crippen molar-refractivity contribution in [3.63, 3.8) is 0 Å². The van der Waals surface area contributed by atoms with E-state index in [-0.39, 0.29) is 18.5 Å². The molecule has 2 amide bonds. The zero-order chi connectivity index (χ0) is 19.1. The third-order valence-electron chi connectivity index (χ3n) is 4.08. The molecule has 0 spiro atoms. The summed E-state index contributed by atoms with van der Waals surface area (Å²) in [6, 6.07) is 4.13. The lowest BCUT2D eigenvalue weighted by Crippen LogP contribution is -2.36. The number of carbonyl (C=O) groups excluding carboxylic acids is 2. The van der Waals surface area contributed by atoms with Gasteiger partial charge >= 0.3 is 0 Å². The molecular weight excluding hydrogens is 359 g/mol. The quantitative estimate of drug-likeness (QED) is 0.489. The first-order valence-electron chi connectivity index (χ1n) is 7.46. The van der Waals surface area contributed by atoms with Gasteiger partial charge in [-0.05, 0) is 37.1 Å². The second-order valence-electron chi connectivity index (χ2n) is 5.84. The molecule has 0 atom stereocenters. The summed E-state index contributed by atoms with van der Waals surface area (Å²) in [6.07, 6.45) is 0.249. The maximum absolute atomic E-state index is 13.7. The maximum Gasteiger partial charge on any atom is 0.240 e. The Morgan fingerprint density at radius 2 is 1.38 bits per heavy atom. The number of benzene rings is 2. The first kappa shape index (κ1) is 17.8. The summed E-state index contributed by atoms with van der Waals surface area (Å²) in [5.74, 6) is -8.75. The Hall–Kier alpha value is -2.97. The van der Waals surface area contributed by atoms with Crippen molar-refractivity contribution in [3.05, 3.63) is 59.4 Å². The first-order chi connectivity index (χ1) is 12.2. The average molecular weight is 370 g/mol. The molecule has 1 aliphatic rings. The number of halogens is 5. The van der Waals surface area contributed by atoms with Crippen molar-refractivity contribution in [1.29, 1.82) is 0 Å². The zero-order valence-electron chi connectivity index (χ0n) is 13.0. The second-order valence-corrected chi connectivity index (χ2v) is 5.84. The van der Waals surface area contributed by atoms with Gasteiger partial charge in [0.05, 0.1) is 5.69 Å². The van der Waals surface area contributed by atoms with E-state index >= 15 is 0 Å². The molecule has 0 heterocycles. The third kappa shape index (κ3) is 3.12. The van der Waals surface area contributed by atoms with Gasteiger partial charge in [0, 0.05) is 11.8 Å². The van der Waals surface area contributed by atoms with Gasteiger partial charge < -0.3 is 10.6 Å². The van der Waals surface area contributed by atoms with Crippen LogP contribution in [0.2, 0.25) is 0 Å². The number of anilines is 2. The summed E-state index contributed by atoms with van der Waals surface area (Å²) in [7, 11) is 0. The Balaban J connectivity index is 1.75. The standard InChI is InChI=1S/C17H11F5N2O2/c18-9-2-1-8(7-11(9)20)23-15(25)17(5-6-17)16(26)24-12-4-3-10(19)13(21)14(12)22/h1-4,7H,5-6H2,(H,23,25)(H,24,26). The topological polar surface area (TPSA) is 58.2 Å². The van der Waals surface area contributed by atoms with E-state index in [1.54, 1.807) is 0 Å². The number of amides is 2. The van der Waals surface area contributed by atoms with Crippen molar-refractivity contribution in [2.24, 2.45) is 5.41 Å². The van der Waals surface area contributed by atoms with Gasteiger partial charge in [0.15, 0.2) is 29.1 Å². The van der Waals surface area contributed by atoms with E-state index in [1.165, 1.54) is 0 Å². The van der Waals surface area contributed by atoms with Gasteiger partial charge in [-0.2, -0.15) is 0 Å². The van der Waals surface area contributed by atoms with Crippen molar-refractivity contribution >= 4 is 23.2 Å². The zero-order valence-corrected chi connectivity index (χ0v) is 13.0. The molecule has 0 saturated heterocycles. The van der Waals surface area contributed by atoms with Crippen molar-refractivity contribution in [2.75, 3.05) is 10.6 Å². The number of carbonyl (C=O) groups is 2. The molecule has 1 saturated carbocycles. The van der Waals surface area contributed by atoms with E-state index in [4.69, 9.17) is 0 Å². The van der Waals surface area contributed by atoms with Gasteiger partial charge in [-0.3, -0.25) is 9.59 Å². The SMILES string of the molecule is O=C(Nc1ccc(F)c(F)c1)C1(C(=O)Nc2ccc(F)c(F)c2F)CC1. The van der Waals surface area contributed by atoms with E-state index in [2.05, 4.69) is 10.6 Å². The summed E-state index contributed by atoms with van der Waals surface area (Å²) in [5.41, 5.74) is -2.23. The number of nitrogens with one attached hydrogen (secondary N) is 2. The lowest BCUT2D eigenvalue weighted by atomic mass is 10.0. The fourth-order valence-corrected chi connectivity index (χ4v) is 2.37. The van der Waals surface area contributed by atoms with Crippen LogP contribution in [0.5, 0.6) is 0 Å². The van der Waals surface area contributed by atoms with Gasteiger partial charge in [0.2, 0.25) is 11.8 Å². The summed E-state index contributed by atoms with van der Waals surface area (Å²) >= 11 is 0. The Labute approximate surface area is 144 Å². The van der Waals surface area contributed by atoms with E-state index < -0.39 is 52.0 Å². The molecule has 2 N–H and O–H groups in total. The van der Waals surface area contributed by atoms with Gasteiger partial charge in [0.25, 0.3) is 0 Å². The maximum atomic E-state index is 13.7. The van der Waals surface area contributed by atoms with Crippen LogP contribution in [0.15, 0.2) is 30.3 Å². The van der Waals surface area contributed by atoms with Crippen LogP contribution in [-0.2, 0) is 9.59 Å².